The molecule has 0 saturated heterocycles. The lowest BCUT2D eigenvalue weighted by Crippen LogP contribution is -2.10. The zero-order valence-corrected chi connectivity index (χ0v) is 19.8. The third kappa shape index (κ3) is 5.47. The van der Waals surface area contributed by atoms with Gasteiger partial charge < -0.3 is 9.47 Å². The van der Waals surface area contributed by atoms with Crippen LogP contribution >= 0.6 is 0 Å². The lowest BCUT2D eigenvalue weighted by Gasteiger charge is -2.09. The molecule has 1 heterocycles. The molecule has 0 aliphatic heterocycles. The number of nitrogens with zero attached hydrogens (tertiary/aromatic N) is 1. The highest BCUT2D eigenvalue weighted by atomic mass is 19.1. The topological polar surface area (TPSA) is 65.5 Å². The first kappa shape index (κ1) is 24.5. The molecule has 4 aromatic carbocycles. The van der Waals surface area contributed by atoms with Crippen LogP contribution in [0.2, 0.25) is 0 Å². The van der Waals surface area contributed by atoms with Crippen LogP contribution in [0.1, 0.15) is 20.7 Å². The number of halogens is 2. The van der Waals surface area contributed by atoms with Gasteiger partial charge in [0.1, 0.15) is 23.1 Å². The van der Waals surface area contributed by atoms with Crippen LogP contribution in [0.4, 0.5) is 8.78 Å². The number of esters is 2. The Kier molecular flexibility index (Phi) is 6.99. The van der Waals surface area contributed by atoms with E-state index in [2.05, 4.69) is 0 Å². The summed E-state index contributed by atoms with van der Waals surface area (Å²) in [5.41, 5.74) is 2.66. The molecule has 0 atom stereocenters. The minimum atomic E-state index is -0.779. The number of carbonyl (C=O) groups is 2. The predicted octanol–water partition coefficient (Wildman–Crippen LogP) is 7.13. The normalized spacial score (nSPS) is 10.6. The van der Waals surface area contributed by atoms with E-state index >= 15 is 0 Å². The van der Waals surface area contributed by atoms with Crippen molar-refractivity contribution in [2.45, 2.75) is 0 Å². The second-order valence-corrected chi connectivity index (χ2v) is 8.20. The van der Waals surface area contributed by atoms with E-state index in [1.807, 2.05) is 18.2 Å². The average molecular weight is 507 g/mol. The van der Waals surface area contributed by atoms with Gasteiger partial charge in [0.15, 0.2) is 0 Å². The van der Waals surface area contributed by atoms with Crippen molar-refractivity contribution >= 4 is 11.9 Å². The quantitative estimate of drug-likeness (QED) is 0.181. The summed E-state index contributed by atoms with van der Waals surface area (Å²) >= 11 is 0. The molecule has 0 unspecified atom stereocenters. The summed E-state index contributed by atoms with van der Waals surface area (Å²) < 4.78 is 38.2. The molecule has 1 aromatic heterocycles. The number of carbonyl (C=O) groups excluding carboxylic acids is 2. The molecule has 0 radical (unpaired) electrons. The van der Waals surface area contributed by atoms with Gasteiger partial charge in [0, 0.05) is 11.1 Å². The first-order valence-corrected chi connectivity index (χ1v) is 11.6. The predicted molar refractivity (Wildman–Crippen MR) is 138 cm³/mol. The van der Waals surface area contributed by atoms with E-state index in [0.29, 0.717) is 11.4 Å². The van der Waals surface area contributed by atoms with Crippen molar-refractivity contribution in [2.24, 2.45) is 0 Å². The van der Waals surface area contributed by atoms with Gasteiger partial charge in [0.2, 0.25) is 0 Å². The Balaban J connectivity index is 1.28. The van der Waals surface area contributed by atoms with Gasteiger partial charge in [-0.3, -0.25) is 0 Å². The molecule has 5 aromatic rings. The summed E-state index contributed by atoms with van der Waals surface area (Å²) in [6, 6.07) is 30.2. The van der Waals surface area contributed by atoms with Crippen LogP contribution in [-0.4, -0.2) is 16.9 Å². The van der Waals surface area contributed by atoms with E-state index in [9.17, 15) is 18.4 Å². The van der Waals surface area contributed by atoms with Crippen molar-refractivity contribution in [1.29, 1.82) is 0 Å². The van der Waals surface area contributed by atoms with E-state index in [-0.39, 0.29) is 22.6 Å². The monoisotopic (exact) mass is 507 g/mol. The van der Waals surface area contributed by atoms with E-state index in [1.54, 1.807) is 60.7 Å². The Morgan fingerprint density at radius 2 is 0.895 bits per heavy atom. The summed E-state index contributed by atoms with van der Waals surface area (Å²) in [5, 5.41) is 0. The molecular formula is C31H19F2NO4. The Bertz CT molecular complexity index is 1500. The van der Waals surface area contributed by atoms with Crippen LogP contribution in [0.5, 0.6) is 11.5 Å². The lowest BCUT2D eigenvalue weighted by atomic mass is 10.1. The summed E-state index contributed by atoms with van der Waals surface area (Å²) in [6.45, 7) is 0. The number of hydrogen-bond acceptors (Lipinski definition) is 5. The van der Waals surface area contributed by atoms with Gasteiger partial charge in [-0.2, -0.15) is 0 Å². The van der Waals surface area contributed by atoms with Gasteiger partial charge in [0.25, 0.3) is 0 Å². The standard InChI is InChI=1S/C31H19F2NO4/c32-26-8-3-1-6-24(26)30(35)37-22-16-12-20(13-17-22)28-10-5-11-29(34-28)21-14-18-23(19-15-21)38-31(36)25-7-2-4-9-27(25)33/h1-19H. The summed E-state index contributed by atoms with van der Waals surface area (Å²) in [4.78, 5) is 29.2. The molecule has 7 heteroatoms. The van der Waals surface area contributed by atoms with Crippen molar-refractivity contribution in [2.75, 3.05) is 0 Å². The smallest absolute Gasteiger partial charge is 0.346 e. The van der Waals surface area contributed by atoms with Crippen LogP contribution in [0.15, 0.2) is 115 Å². The second-order valence-electron chi connectivity index (χ2n) is 8.20. The SMILES string of the molecule is O=C(Oc1ccc(-c2cccc(-c3ccc(OC(=O)c4ccccc4F)cc3)n2)cc1)c1ccccc1F. The molecule has 5 nitrogen and oxygen atoms in total. The number of aromatic nitrogens is 1. The summed E-state index contributed by atoms with van der Waals surface area (Å²) in [5.74, 6) is -2.30. The fourth-order valence-corrected chi connectivity index (χ4v) is 3.72. The molecular weight excluding hydrogens is 488 g/mol. The first-order valence-electron chi connectivity index (χ1n) is 11.6. The maximum atomic E-state index is 13.8. The van der Waals surface area contributed by atoms with Crippen molar-refractivity contribution < 1.29 is 27.8 Å². The summed E-state index contributed by atoms with van der Waals surface area (Å²) in [6.07, 6.45) is 0. The molecule has 0 N–H and O–H groups in total. The number of rotatable bonds is 6. The third-order valence-corrected chi connectivity index (χ3v) is 5.66. The molecule has 0 bridgehead atoms. The fourth-order valence-electron chi connectivity index (χ4n) is 3.72. The third-order valence-electron chi connectivity index (χ3n) is 5.66. The largest absolute Gasteiger partial charge is 0.423 e. The highest BCUT2D eigenvalue weighted by Gasteiger charge is 2.15. The first-order chi connectivity index (χ1) is 18.5. The zero-order chi connectivity index (χ0) is 26.5. The van der Waals surface area contributed by atoms with Crippen LogP contribution in [0.3, 0.4) is 0 Å². The van der Waals surface area contributed by atoms with Gasteiger partial charge in [-0.25, -0.2) is 23.4 Å². The maximum absolute atomic E-state index is 13.8. The minimum Gasteiger partial charge on any atom is -0.423 e. The molecule has 5 rings (SSSR count). The van der Waals surface area contributed by atoms with Gasteiger partial charge in [-0.1, -0.05) is 30.3 Å². The molecule has 0 spiro atoms. The van der Waals surface area contributed by atoms with Crippen LogP contribution < -0.4 is 9.47 Å². The number of benzene rings is 4. The van der Waals surface area contributed by atoms with Crippen molar-refractivity contribution in [3.05, 3.63) is 138 Å². The van der Waals surface area contributed by atoms with Gasteiger partial charge >= 0.3 is 11.9 Å². The highest BCUT2D eigenvalue weighted by Crippen LogP contribution is 2.26. The highest BCUT2D eigenvalue weighted by molar-refractivity contribution is 5.92. The molecule has 186 valence electrons. The Hall–Kier alpha value is -5.17. The molecule has 0 amide bonds. The van der Waals surface area contributed by atoms with E-state index < -0.39 is 23.6 Å². The Morgan fingerprint density at radius 1 is 0.500 bits per heavy atom. The van der Waals surface area contributed by atoms with Gasteiger partial charge in [-0.15, -0.1) is 0 Å². The van der Waals surface area contributed by atoms with E-state index in [1.165, 1.54) is 36.4 Å². The van der Waals surface area contributed by atoms with Gasteiger partial charge in [-0.05, 0) is 84.9 Å². The zero-order valence-electron chi connectivity index (χ0n) is 19.8. The Morgan fingerprint density at radius 3 is 1.29 bits per heavy atom. The molecule has 0 aliphatic rings. The Labute approximate surface area is 216 Å². The molecule has 38 heavy (non-hydrogen) atoms. The average Bonchev–Trinajstić information content (AvgIpc) is 2.94. The number of pyridine rings is 1. The lowest BCUT2D eigenvalue weighted by molar-refractivity contribution is 0.0720. The molecule has 0 saturated carbocycles. The van der Waals surface area contributed by atoms with Crippen LogP contribution in [-0.2, 0) is 0 Å². The molecule has 0 aliphatic carbocycles. The van der Waals surface area contributed by atoms with E-state index in [4.69, 9.17) is 14.5 Å². The minimum absolute atomic E-state index is 0.140. The maximum Gasteiger partial charge on any atom is 0.346 e. The summed E-state index contributed by atoms with van der Waals surface area (Å²) in [7, 11) is 0. The second kappa shape index (κ2) is 10.8. The van der Waals surface area contributed by atoms with E-state index in [0.717, 1.165) is 11.1 Å². The number of ether oxygens (including phenoxy) is 2. The fraction of sp³-hybridized carbons (Fsp3) is 0. The van der Waals surface area contributed by atoms with Crippen molar-refractivity contribution in [1.82, 2.24) is 4.98 Å². The van der Waals surface area contributed by atoms with Crippen molar-refractivity contribution in [3.63, 3.8) is 0 Å². The van der Waals surface area contributed by atoms with Crippen LogP contribution in [0, 0.1) is 11.6 Å². The van der Waals surface area contributed by atoms with Crippen molar-refractivity contribution in [3.8, 4) is 34.0 Å². The van der Waals surface area contributed by atoms with Crippen LogP contribution in [0.25, 0.3) is 22.5 Å². The number of hydrogen-bond donors (Lipinski definition) is 0. The van der Waals surface area contributed by atoms with Gasteiger partial charge in [0.05, 0.1) is 22.5 Å². The molecule has 0 fully saturated rings.